The van der Waals surface area contributed by atoms with Gasteiger partial charge in [0, 0.05) is 116 Å². The third kappa shape index (κ3) is 17.6. The van der Waals surface area contributed by atoms with Crippen LogP contribution < -0.4 is 0 Å². The van der Waals surface area contributed by atoms with Crippen LogP contribution in [0.3, 0.4) is 0 Å². The molecule has 0 aliphatic rings. The highest BCUT2D eigenvalue weighted by Gasteiger charge is 2.27. The molecule has 0 aliphatic carbocycles. The minimum Gasteiger partial charge on any atom is -0.309 e. The molecule has 0 radical (unpaired) electrons. The largest absolute Gasteiger partial charge is 0.309 e. The lowest BCUT2D eigenvalue weighted by molar-refractivity contribution is 1.07. The van der Waals surface area contributed by atoms with Gasteiger partial charge in [0.25, 0.3) is 0 Å². The number of nitrogens with zero attached hydrogens (tertiary/aromatic N) is 17. The quantitative estimate of drug-likeness (QED) is 0.0997. The van der Waals surface area contributed by atoms with Gasteiger partial charge in [-0.15, -0.1) is 0 Å². The summed E-state index contributed by atoms with van der Waals surface area (Å²) in [4.78, 5) is 54.9. The molecule has 21 heteroatoms. The molecule has 8 heterocycles. The molecule has 28 aromatic rings. The van der Waals surface area contributed by atoms with Crippen LogP contribution in [0.25, 0.3) is 245 Å². The maximum absolute atomic E-state index is 9.44. The summed E-state index contributed by atoms with van der Waals surface area (Å²) in [6.07, 6.45) is 0. The fraction of sp³-hybridized carbons (Fsp3) is 0. The van der Waals surface area contributed by atoms with Gasteiger partial charge in [0.05, 0.1) is 55.8 Å². The van der Waals surface area contributed by atoms with E-state index in [9.17, 15) is 5.26 Å². The number of benzene rings is 20. The van der Waals surface area contributed by atoms with Crippen molar-refractivity contribution >= 4 is 155 Å². The summed E-state index contributed by atoms with van der Waals surface area (Å²) < 4.78 is 9.15. The maximum atomic E-state index is 9.44. The fourth-order valence-corrected chi connectivity index (χ4v) is 21.0. The number of nitriles is 1. The second kappa shape index (κ2) is 40.1. The molecule has 0 aliphatic heterocycles. The second-order valence-corrected chi connectivity index (χ2v) is 37.2. The Morgan fingerprint density at radius 1 is 0.173 bits per heavy atom. The standard InChI is InChI=1S/C37H23ClN4.C33H21ClN4.C31H19ClN4.C28H16ClN5/c38-37-40-35(25-11-3-1-4-12-25)39-36(41-37)27-19-21-34-32(23-27)31-22-26(30-17-9-13-24-10-7-8-16-29(24)30)18-20-33(31)42(34)28-14-5-2-6-15-28;34-33-36-31(23-14-6-2-7-15-23)35-32(37-33)27-20-11-21-28-29(27)26-19-10-18-25(22-12-4-1-5-13-22)30(26)38(28)24-16-8-3-9-17-24;32-31-34-29(20-11-3-1-4-12-20)33-30(35-31)25-19-27-28(23-16-8-7-15-22(23)25)24-17-9-10-18-26(24)36(27)21-13-5-2-6-14-21;29-28-32-26(19-7-3-1-4-8-19)31-27(33-28)20-12-13-22-23-15-18(17-30)11-14-24(23)34(25(22)16-20)21-9-5-2-6-10-21/h1-23H;1-21H;1-19H;1-16H. The predicted octanol–water partition coefficient (Wildman–Crippen LogP) is 33.3. The molecule has 0 amide bonds. The van der Waals surface area contributed by atoms with Crippen LogP contribution in [-0.4, -0.2) is 78.1 Å². The van der Waals surface area contributed by atoms with E-state index < -0.39 is 0 Å². The average molecular weight is 2010 g/mol. The van der Waals surface area contributed by atoms with Crippen molar-refractivity contribution in [3.05, 3.63) is 506 Å². The molecule has 0 fully saturated rings. The number of para-hydroxylation sites is 6. The van der Waals surface area contributed by atoms with Crippen LogP contribution in [0.4, 0.5) is 0 Å². The lowest BCUT2D eigenvalue weighted by Gasteiger charge is -2.12. The molecule has 708 valence electrons. The van der Waals surface area contributed by atoms with E-state index in [0.29, 0.717) is 52.2 Å². The van der Waals surface area contributed by atoms with Gasteiger partial charge < -0.3 is 18.3 Å². The Hall–Kier alpha value is -19.2. The van der Waals surface area contributed by atoms with Crippen molar-refractivity contribution in [2.24, 2.45) is 0 Å². The molecule has 0 saturated heterocycles. The van der Waals surface area contributed by atoms with Crippen LogP contribution in [0.15, 0.2) is 479 Å². The molecule has 0 N–H and O–H groups in total. The van der Waals surface area contributed by atoms with E-state index in [2.05, 4.69) is 349 Å². The van der Waals surface area contributed by atoms with Crippen LogP contribution in [0.1, 0.15) is 5.56 Å². The van der Waals surface area contributed by atoms with Crippen LogP contribution >= 0.6 is 46.4 Å². The third-order valence-electron chi connectivity index (χ3n) is 27.0. The van der Waals surface area contributed by atoms with Crippen molar-refractivity contribution < 1.29 is 0 Å². The number of hydrogen-bond acceptors (Lipinski definition) is 13. The number of rotatable bonds is 14. The van der Waals surface area contributed by atoms with Gasteiger partial charge in [-0.05, 0) is 206 Å². The highest BCUT2D eigenvalue weighted by Crippen LogP contribution is 2.47. The predicted molar refractivity (Wildman–Crippen MR) is 611 cm³/mol. The van der Waals surface area contributed by atoms with E-state index in [4.69, 9.17) is 66.3 Å². The summed E-state index contributed by atoms with van der Waals surface area (Å²) in [5, 5.41) is 23.7. The third-order valence-corrected chi connectivity index (χ3v) is 27.6. The van der Waals surface area contributed by atoms with Crippen molar-refractivity contribution in [3.63, 3.8) is 0 Å². The summed E-state index contributed by atoms with van der Waals surface area (Å²) in [5.41, 5.74) is 25.5. The Morgan fingerprint density at radius 2 is 0.507 bits per heavy atom. The van der Waals surface area contributed by atoms with Gasteiger partial charge in [-0.3, -0.25) is 0 Å². The summed E-state index contributed by atoms with van der Waals surface area (Å²) in [6, 6.07) is 165. The number of halogens is 4. The molecule has 0 saturated carbocycles. The summed E-state index contributed by atoms with van der Waals surface area (Å²) >= 11 is 25.6. The van der Waals surface area contributed by atoms with Crippen LogP contribution in [0, 0.1) is 11.3 Å². The van der Waals surface area contributed by atoms with Crippen molar-refractivity contribution in [1.82, 2.24) is 78.1 Å². The van der Waals surface area contributed by atoms with Crippen LogP contribution in [0.5, 0.6) is 0 Å². The Kier molecular flexibility index (Phi) is 24.6. The zero-order valence-corrected chi connectivity index (χ0v) is 82.7. The first-order valence-corrected chi connectivity index (χ1v) is 50.2. The Balaban J connectivity index is 0.000000104. The SMILES string of the molecule is Clc1nc(-c2ccccc2)nc(-c2cc3c(c4ccccc24)c2ccccc2n3-c2ccccc2)n1.Clc1nc(-c2ccccc2)nc(-c2ccc3c(c2)c2cc(-c4cccc5ccccc45)ccc2n3-c2ccccc2)n1.Clc1nc(-c2ccccc2)nc(-c2cccc3c2c2cccc(-c4ccccc4)c2n3-c2ccccc2)n1.N#Cc1ccc2c(c1)c1ccc(-c3nc(Cl)nc(-c4ccccc4)n3)cc1n2-c1ccccc1. The number of fused-ring (bicyclic) bond motifs is 15. The second-order valence-electron chi connectivity index (χ2n) is 35.9. The van der Waals surface area contributed by atoms with Crippen molar-refractivity contribution in [2.75, 3.05) is 0 Å². The fourth-order valence-electron chi connectivity index (χ4n) is 20.4. The Morgan fingerprint density at radius 3 is 1.03 bits per heavy atom. The maximum Gasteiger partial charge on any atom is 0.226 e. The molecule has 0 bridgehead atoms. The van der Waals surface area contributed by atoms with Crippen LogP contribution in [0.2, 0.25) is 21.1 Å². The summed E-state index contributed by atoms with van der Waals surface area (Å²) in [6.45, 7) is 0. The number of hydrogen-bond donors (Lipinski definition) is 0. The Bertz CT molecular complexity index is 10100. The van der Waals surface area contributed by atoms with Gasteiger partial charge in [-0.25, -0.2) is 19.9 Å². The molecular formula is C129H79Cl4N17. The van der Waals surface area contributed by atoms with E-state index in [-0.39, 0.29) is 21.1 Å². The van der Waals surface area contributed by atoms with Crippen molar-refractivity contribution in [1.29, 1.82) is 5.26 Å². The zero-order valence-electron chi connectivity index (χ0n) is 79.7. The smallest absolute Gasteiger partial charge is 0.226 e. The van der Waals surface area contributed by atoms with E-state index in [1.165, 1.54) is 32.7 Å². The first-order chi connectivity index (χ1) is 74.0. The highest BCUT2D eigenvalue weighted by molar-refractivity contribution is 6.30. The lowest BCUT2D eigenvalue weighted by atomic mass is 9.97. The van der Waals surface area contributed by atoms with Gasteiger partial charge >= 0.3 is 0 Å². The number of aromatic nitrogens is 16. The summed E-state index contributed by atoms with van der Waals surface area (Å²) in [7, 11) is 0. The average Bonchev–Trinajstić information content (AvgIpc) is 1.56. The molecule has 8 aromatic heterocycles. The minimum absolute atomic E-state index is 0.145. The monoisotopic (exact) mass is 2010 g/mol. The van der Waals surface area contributed by atoms with Gasteiger partial charge in [0.1, 0.15) is 0 Å². The topological polar surface area (TPSA) is 198 Å². The summed E-state index contributed by atoms with van der Waals surface area (Å²) in [5.74, 6) is 4.33. The zero-order chi connectivity index (χ0) is 101. The van der Waals surface area contributed by atoms with Gasteiger partial charge in [0.15, 0.2) is 46.6 Å². The van der Waals surface area contributed by atoms with E-state index in [1.807, 2.05) is 194 Å². The van der Waals surface area contributed by atoms with E-state index in [0.717, 1.165) is 166 Å². The van der Waals surface area contributed by atoms with E-state index >= 15 is 0 Å². The van der Waals surface area contributed by atoms with Gasteiger partial charge in [-0.1, -0.05) is 358 Å². The van der Waals surface area contributed by atoms with E-state index in [1.54, 1.807) is 0 Å². The molecule has 20 aromatic carbocycles. The normalized spacial score (nSPS) is 11.3. The molecular weight excluding hydrogens is 1930 g/mol. The first-order valence-electron chi connectivity index (χ1n) is 48.7. The van der Waals surface area contributed by atoms with Gasteiger partial charge in [0.2, 0.25) is 21.1 Å². The van der Waals surface area contributed by atoms with Crippen molar-refractivity contribution in [3.8, 4) is 142 Å². The molecule has 150 heavy (non-hydrogen) atoms. The van der Waals surface area contributed by atoms with Crippen molar-refractivity contribution in [2.45, 2.75) is 0 Å². The first kappa shape index (κ1) is 92.0. The molecule has 28 rings (SSSR count). The lowest BCUT2D eigenvalue weighted by Crippen LogP contribution is -1.99. The minimum atomic E-state index is 0.145. The molecule has 0 atom stereocenters. The molecule has 17 nitrogen and oxygen atoms in total. The molecule has 0 unspecified atom stereocenters. The highest BCUT2D eigenvalue weighted by atomic mass is 35.5. The van der Waals surface area contributed by atoms with Gasteiger partial charge in [-0.2, -0.15) is 45.1 Å². The van der Waals surface area contributed by atoms with Crippen LogP contribution in [-0.2, 0) is 0 Å². The Labute approximate surface area is 880 Å². The molecule has 0 spiro atoms.